The maximum absolute atomic E-state index is 8.74. The highest BCUT2D eigenvalue weighted by atomic mass is 32.3. The van der Waals surface area contributed by atoms with Gasteiger partial charge in [0.1, 0.15) is 0 Å². The molecular formula is C5H16O5PS+. The Hall–Kier alpha value is 0.260. The molecule has 0 fully saturated rings. The second kappa shape index (κ2) is 5.83. The van der Waals surface area contributed by atoms with Crippen molar-refractivity contribution in [3.05, 3.63) is 0 Å². The van der Waals surface area contributed by atoms with Crippen molar-refractivity contribution in [1.82, 2.24) is 0 Å². The topological polar surface area (TPSA) is 94.8 Å². The Kier molecular flexibility index (Phi) is 7.17. The van der Waals surface area contributed by atoms with Crippen LogP contribution in [0.4, 0.5) is 0 Å². The summed E-state index contributed by atoms with van der Waals surface area (Å²) in [5, 5.41) is 8.43. The van der Waals surface area contributed by atoms with Crippen molar-refractivity contribution in [3.63, 3.8) is 0 Å². The van der Waals surface area contributed by atoms with Crippen LogP contribution in [0.5, 0.6) is 0 Å². The fourth-order valence-corrected chi connectivity index (χ4v) is 0.900. The smallest absolute Gasteiger partial charge is 0.393 e. The van der Waals surface area contributed by atoms with E-state index >= 15 is 0 Å². The van der Waals surface area contributed by atoms with E-state index in [1.54, 1.807) is 0 Å². The van der Waals surface area contributed by atoms with E-state index < -0.39 is 17.7 Å². The molecule has 0 radical (unpaired) electrons. The molecule has 0 amide bonds. The lowest BCUT2D eigenvalue weighted by Crippen LogP contribution is -1.96. The van der Waals surface area contributed by atoms with Crippen LogP contribution < -0.4 is 0 Å². The fourth-order valence-electron chi connectivity index (χ4n) is 0.300. The van der Waals surface area contributed by atoms with E-state index in [-0.39, 0.29) is 0 Å². The highest BCUT2D eigenvalue weighted by Gasteiger charge is 2.14. The van der Waals surface area contributed by atoms with Gasteiger partial charge < -0.3 is 5.11 Å². The van der Waals surface area contributed by atoms with Gasteiger partial charge in [-0.15, -0.1) is 0 Å². The van der Waals surface area contributed by atoms with Gasteiger partial charge in [0.15, 0.2) is 0 Å². The van der Waals surface area contributed by atoms with E-state index in [9.17, 15) is 0 Å². The second-order valence-corrected chi connectivity index (χ2v) is 9.11. The Morgan fingerprint density at radius 1 is 1.17 bits per heavy atom. The molecule has 7 heteroatoms. The van der Waals surface area contributed by atoms with E-state index in [0.717, 1.165) is 6.16 Å². The third-order valence-electron chi connectivity index (χ3n) is 0.771. The first-order valence-electron chi connectivity index (χ1n) is 3.17. The van der Waals surface area contributed by atoms with Gasteiger partial charge in [-0.1, -0.05) is 0 Å². The summed E-state index contributed by atoms with van der Waals surface area (Å²) in [7, 11) is -5.33. The predicted octanol–water partition coefficient (Wildman–Crippen LogP) is 0.233. The van der Waals surface area contributed by atoms with Crippen LogP contribution in [-0.2, 0) is 10.4 Å². The Balaban J connectivity index is 0. The molecule has 0 atom stereocenters. The lowest BCUT2D eigenvalue weighted by Gasteiger charge is -2.07. The molecule has 0 heterocycles. The quantitative estimate of drug-likeness (QED) is 0.456. The van der Waals surface area contributed by atoms with Gasteiger partial charge in [-0.05, 0) is 0 Å². The minimum Gasteiger partial charge on any atom is -0.393 e. The van der Waals surface area contributed by atoms with Crippen LogP contribution in [-0.4, -0.2) is 55.4 Å². The van der Waals surface area contributed by atoms with Crippen molar-refractivity contribution >= 4 is 17.7 Å². The molecule has 12 heavy (non-hydrogen) atoms. The van der Waals surface area contributed by atoms with Gasteiger partial charge in [0.2, 0.25) is 0 Å². The SMILES string of the molecule is C[P+](C)(C)CCO.O=S(=O)(O)O. The first-order valence-corrected chi connectivity index (χ1v) is 7.89. The molecular weight excluding hydrogens is 203 g/mol. The van der Waals surface area contributed by atoms with Crippen molar-refractivity contribution in [2.75, 3.05) is 32.8 Å². The fraction of sp³-hybridized carbons (Fsp3) is 1.00. The van der Waals surface area contributed by atoms with E-state index in [4.69, 9.17) is 22.6 Å². The third-order valence-corrected chi connectivity index (χ3v) is 2.31. The maximum Gasteiger partial charge on any atom is 0.394 e. The van der Waals surface area contributed by atoms with Crippen LogP contribution in [0.2, 0.25) is 0 Å². The van der Waals surface area contributed by atoms with Gasteiger partial charge >= 0.3 is 10.4 Å². The van der Waals surface area contributed by atoms with E-state index in [1.807, 2.05) is 0 Å². The normalized spacial score (nSPS) is 11.8. The van der Waals surface area contributed by atoms with Gasteiger partial charge in [0, 0.05) is 27.3 Å². The van der Waals surface area contributed by atoms with Crippen LogP contribution in [0, 0.1) is 0 Å². The molecule has 5 nitrogen and oxygen atoms in total. The molecule has 76 valence electrons. The summed E-state index contributed by atoms with van der Waals surface area (Å²) in [5.41, 5.74) is 0. The predicted molar refractivity (Wildman–Crippen MR) is 50.8 cm³/mol. The van der Waals surface area contributed by atoms with Crippen LogP contribution >= 0.6 is 7.26 Å². The monoisotopic (exact) mass is 219 g/mol. The van der Waals surface area contributed by atoms with Gasteiger partial charge in [-0.25, -0.2) is 0 Å². The number of aliphatic hydroxyl groups excluding tert-OH is 1. The van der Waals surface area contributed by atoms with Crippen LogP contribution in [0.15, 0.2) is 0 Å². The molecule has 3 N–H and O–H groups in total. The molecule has 0 unspecified atom stereocenters. The molecule has 0 saturated carbocycles. The largest absolute Gasteiger partial charge is 0.394 e. The lowest BCUT2D eigenvalue weighted by molar-refractivity contribution is 0.321. The molecule has 0 spiro atoms. The van der Waals surface area contributed by atoms with Crippen LogP contribution in [0.3, 0.4) is 0 Å². The molecule has 0 rings (SSSR count). The third kappa shape index (κ3) is 48.5. The van der Waals surface area contributed by atoms with E-state index in [0.29, 0.717) is 6.61 Å². The highest BCUT2D eigenvalue weighted by molar-refractivity contribution is 7.79. The Morgan fingerprint density at radius 3 is 1.42 bits per heavy atom. The minimum absolute atomic E-state index is 0.358. The summed E-state index contributed by atoms with van der Waals surface area (Å²) in [6.45, 7) is 7.03. The number of hydrogen-bond acceptors (Lipinski definition) is 3. The van der Waals surface area contributed by atoms with E-state index in [2.05, 4.69) is 20.0 Å². The summed E-state index contributed by atoms with van der Waals surface area (Å²) < 4.78 is 31.6. The minimum atomic E-state index is -4.67. The first kappa shape index (κ1) is 14.8. The molecule has 0 aromatic carbocycles. The van der Waals surface area contributed by atoms with Crippen LogP contribution in [0.25, 0.3) is 0 Å². The number of rotatable bonds is 2. The van der Waals surface area contributed by atoms with Crippen molar-refractivity contribution in [2.24, 2.45) is 0 Å². The second-order valence-electron chi connectivity index (χ2n) is 3.19. The summed E-state index contributed by atoms with van der Waals surface area (Å²) in [6.07, 6.45) is 1.01. The Labute approximate surface area is 73.7 Å². The van der Waals surface area contributed by atoms with Crippen molar-refractivity contribution in [1.29, 1.82) is 0 Å². The number of aliphatic hydroxyl groups is 1. The standard InChI is InChI=1S/C5H14OP.H2O4S/c1-7(2,3)5-4-6;1-5(2,3)4/h6H,4-5H2,1-3H3;(H2,1,2,3,4)/q+1;. The zero-order valence-electron chi connectivity index (χ0n) is 7.43. The molecule has 0 aromatic rings. The average molecular weight is 219 g/mol. The van der Waals surface area contributed by atoms with Gasteiger partial charge in [0.25, 0.3) is 0 Å². The summed E-state index contributed by atoms with van der Waals surface area (Å²) in [4.78, 5) is 0. The van der Waals surface area contributed by atoms with Gasteiger partial charge in [-0.2, -0.15) is 8.42 Å². The van der Waals surface area contributed by atoms with Crippen molar-refractivity contribution in [2.45, 2.75) is 0 Å². The van der Waals surface area contributed by atoms with Gasteiger partial charge in [0.05, 0.1) is 12.8 Å². The first-order chi connectivity index (χ1) is 5.06. The summed E-state index contributed by atoms with van der Waals surface area (Å²) in [5.74, 6) is 0. The molecule has 0 saturated heterocycles. The summed E-state index contributed by atoms with van der Waals surface area (Å²) >= 11 is 0. The average Bonchev–Trinajstić information content (AvgIpc) is 1.54. The number of hydrogen-bond donors (Lipinski definition) is 3. The highest BCUT2D eigenvalue weighted by Crippen LogP contribution is 2.45. The van der Waals surface area contributed by atoms with Crippen LogP contribution in [0.1, 0.15) is 0 Å². The molecule has 0 bridgehead atoms. The molecule has 0 aromatic heterocycles. The van der Waals surface area contributed by atoms with Crippen molar-refractivity contribution < 1.29 is 22.6 Å². The summed E-state index contributed by atoms with van der Waals surface area (Å²) in [6, 6.07) is 0. The maximum atomic E-state index is 8.74. The molecule has 0 aliphatic rings. The lowest BCUT2D eigenvalue weighted by atomic mass is 10.9. The van der Waals surface area contributed by atoms with E-state index in [1.165, 1.54) is 0 Å². The molecule has 0 aliphatic carbocycles. The zero-order chi connectivity index (χ0) is 10.4. The Bertz CT molecular complexity index is 184. The Morgan fingerprint density at radius 2 is 1.42 bits per heavy atom. The molecule has 0 aliphatic heterocycles. The van der Waals surface area contributed by atoms with Gasteiger partial charge in [-0.3, -0.25) is 9.11 Å². The zero-order valence-corrected chi connectivity index (χ0v) is 9.14. The van der Waals surface area contributed by atoms with Crippen molar-refractivity contribution in [3.8, 4) is 0 Å².